The van der Waals surface area contributed by atoms with E-state index in [1.54, 1.807) is 20.8 Å². The van der Waals surface area contributed by atoms with Crippen LogP contribution in [-0.2, 0) is 20.7 Å². The molecular weight excluding hydrogens is 395 g/mol. The fourth-order valence-corrected chi connectivity index (χ4v) is 2.76. The molecule has 1 aromatic rings. The molecule has 30 heavy (non-hydrogen) atoms. The monoisotopic (exact) mass is 425 g/mol. The highest BCUT2D eigenvalue weighted by Gasteiger charge is 2.52. The van der Waals surface area contributed by atoms with Gasteiger partial charge in [0.2, 0.25) is 0 Å². The number of hydrogen-bond donors (Lipinski definition) is 2. The smallest absolute Gasteiger partial charge is 0.444 e. The van der Waals surface area contributed by atoms with E-state index >= 15 is 0 Å². The van der Waals surface area contributed by atoms with Gasteiger partial charge in [0, 0.05) is 12.1 Å². The largest absolute Gasteiger partial charge is 0.492 e. The molecule has 6 nitrogen and oxygen atoms in total. The summed E-state index contributed by atoms with van der Waals surface area (Å²) in [6, 6.07) is 2.21. The lowest BCUT2D eigenvalue weighted by Crippen LogP contribution is -2.41. The molecule has 0 bridgehead atoms. The fourth-order valence-electron chi connectivity index (χ4n) is 2.76. The molecule has 0 unspecified atom stereocenters. The van der Waals surface area contributed by atoms with Gasteiger partial charge in [0.1, 0.15) is 17.2 Å². The van der Waals surface area contributed by atoms with Crippen LogP contribution in [-0.4, -0.2) is 41.7 Å². The number of halogens is 2. The molecule has 9 heteroatoms. The first-order chi connectivity index (χ1) is 13.6. The Kier molecular flexibility index (Phi) is 7.01. The van der Waals surface area contributed by atoms with Crippen molar-refractivity contribution in [3.63, 3.8) is 0 Å². The Labute approximate surface area is 176 Å². The minimum atomic E-state index is -0.864. The molecule has 1 aromatic carbocycles. The van der Waals surface area contributed by atoms with Crippen LogP contribution in [0.1, 0.15) is 59.6 Å². The summed E-state index contributed by atoms with van der Waals surface area (Å²) in [6.07, 6.45) is 0.852. The van der Waals surface area contributed by atoms with Gasteiger partial charge in [0.15, 0.2) is 0 Å². The van der Waals surface area contributed by atoms with Gasteiger partial charge in [0.05, 0.1) is 17.8 Å². The Morgan fingerprint density at radius 2 is 1.67 bits per heavy atom. The van der Waals surface area contributed by atoms with E-state index in [4.69, 9.17) is 19.2 Å². The number of ether oxygens (including phenoxy) is 1. The molecule has 2 N–H and O–H groups in total. The van der Waals surface area contributed by atoms with E-state index in [1.807, 2.05) is 27.7 Å². The summed E-state index contributed by atoms with van der Waals surface area (Å²) < 4.78 is 45.5. The third-order valence-corrected chi connectivity index (χ3v) is 5.07. The second-order valence-corrected chi connectivity index (χ2v) is 9.28. The van der Waals surface area contributed by atoms with Crippen molar-refractivity contribution in [2.45, 2.75) is 71.9 Å². The summed E-state index contributed by atoms with van der Waals surface area (Å²) >= 11 is 0. The second-order valence-electron chi connectivity index (χ2n) is 9.28. The first-order valence-corrected chi connectivity index (χ1v) is 9.77. The van der Waals surface area contributed by atoms with Crippen LogP contribution in [0.4, 0.5) is 13.6 Å². The van der Waals surface area contributed by atoms with Crippen LogP contribution in [0.25, 0.3) is 6.08 Å². The summed E-state index contributed by atoms with van der Waals surface area (Å²) in [5.41, 5.74) is -1.70. The lowest BCUT2D eigenvalue weighted by atomic mass is 9.77. The first-order valence-electron chi connectivity index (χ1n) is 9.77. The van der Waals surface area contributed by atoms with E-state index in [-0.39, 0.29) is 12.1 Å². The molecule has 166 valence electrons. The van der Waals surface area contributed by atoms with Gasteiger partial charge in [-0.15, -0.1) is 0 Å². The molecular formula is C21H30BF2NO5. The van der Waals surface area contributed by atoms with Gasteiger partial charge >= 0.3 is 13.2 Å². The second kappa shape index (κ2) is 8.65. The number of hydrogen-bond acceptors (Lipinski definition) is 5. The molecule has 1 amide bonds. The van der Waals surface area contributed by atoms with E-state index in [9.17, 15) is 13.6 Å². The fraction of sp³-hybridized carbons (Fsp3) is 0.571. The van der Waals surface area contributed by atoms with Crippen molar-refractivity contribution >= 4 is 19.3 Å². The highest BCUT2D eigenvalue weighted by atomic mass is 19.1. The number of nitrogens with one attached hydrogen (secondary N) is 1. The zero-order valence-corrected chi connectivity index (χ0v) is 18.6. The Balaban J connectivity index is 2.34. The molecule has 1 aliphatic heterocycles. The third kappa shape index (κ3) is 5.80. The van der Waals surface area contributed by atoms with E-state index in [2.05, 4.69) is 5.32 Å². The van der Waals surface area contributed by atoms with Gasteiger partial charge in [-0.3, -0.25) is 0 Å². The SMILES string of the molecule is CC(C)(C)OC(=O)NCC(=Cc1cc(F)c(CO)c(F)c1)B1OC(C)(C)C(C)(C)O1. The van der Waals surface area contributed by atoms with Gasteiger partial charge in [-0.05, 0) is 71.6 Å². The quantitative estimate of drug-likeness (QED) is 0.698. The van der Waals surface area contributed by atoms with Crippen molar-refractivity contribution in [2.75, 3.05) is 6.54 Å². The maximum Gasteiger partial charge on any atom is 0.492 e. The molecule has 1 aliphatic rings. The van der Waals surface area contributed by atoms with E-state index < -0.39 is 53.8 Å². The number of rotatable bonds is 5. The molecule has 0 spiro atoms. The molecule has 1 saturated heterocycles. The molecule has 0 radical (unpaired) electrons. The van der Waals surface area contributed by atoms with Crippen LogP contribution in [0, 0.1) is 11.6 Å². The predicted octanol–water partition coefficient (Wildman–Crippen LogP) is 4.00. The average molecular weight is 425 g/mol. The van der Waals surface area contributed by atoms with Crippen LogP contribution in [0.5, 0.6) is 0 Å². The number of aliphatic hydroxyl groups is 1. The number of amides is 1. The van der Waals surface area contributed by atoms with E-state index in [0.29, 0.717) is 5.47 Å². The standard InChI is InChI=1S/C21H30BF2NO5/c1-19(2,3)28-18(27)25-11-14(22-29-20(4,5)21(6,7)30-22)8-13-9-16(23)15(12-26)17(24)10-13/h8-10,26H,11-12H2,1-7H3,(H,25,27). The van der Waals surface area contributed by atoms with Gasteiger partial charge in [-0.2, -0.15) is 0 Å². The van der Waals surface area contributed by atoms with Gasteiger partial charge in [-0.1, -0.05) is 6.08 Å². The van der Waals surface area contributed by atoms with Crippen molar-refractivity contribution < 1.29 is 32.7 Å². The zero-order valence-electron chi connectivity index (χ0n) is 18.6. The maximum absolute atomic E-state index is 14.1. The minimum absolute atomic E-state index is 0.0171. The lowest BCUT2D eigenvalue weighted by Gasteiger charge is -2.32. The van der Waals surface area contributed by atoms with Crippen molar-refractivity contribution in [2.24, 2.45) is 0 Å². The van der Waals surface area contributed by atoms with Crippen molar-refractivity contribution in [3.05, 3.63) is 40.4 Å². The van der Waals surface area contributed by atoms with Gasteiger partial charge < -0.3 is 24.5 Å². The van der Waals surface area contributed by atoms with Crippen LogP contribution >= 0.6 is 0 Å². The topological polar surface area (TPSA) is 77.0 Å². The number of carbonyl (C=O) groups is 1. The van der Waals surface area contributed by atoms with Crippen LogP contribution < -0.4 is 5.32 Å². The molecule has 1 fully saturated rings. The molecule has 1 heterocycles. The van der Waals surface area contributed by atoms with Crippen LogP contribution in [0.3, 0.4) is 0 Å². The summed E-state index contributed by atoms with van der Waals surface area (Å²) in [5, 5.41) is 11.7. The van der Waals surface area contributed by atoms with E-state index in [0.717, 1.165) is 12.1 Å². The zero-order chi connectivity index (χ0) is 22.9. The maximum atomic E-state index is 14.1. The number of carbonyl (C=O) groups excluding carboxylic acids is 1. The minimum Gasteiger partial charge on any atom is -0.444 e. The highest BCUT2D eigenvalue weighted by Crippen LogP contribution is 2.38. The molecule has 0 aromatic heterocycles. The molecule has 0 saturated carbocycles. The third-order valence-electron chi connectivity index (χ3n) is 5.07. The number of alkyl carbamates (subject to hydrolysis) is 1. The number of benzene rings is 1. The van der Waals surface area contributed by atoms with Gasteiger partial charge in [0.25, 0.3) is 0 Å². The molecule has 0 atom stereocenters. The summed E-state index contributed by atoms with van der Waals surface area (Å²) in [7, 11) is -0.839. The molecule has 2 rings (SSSR count). The highest BCUT2D eigenvalue weighted by molar-refractivity contribution is 6.56. The van der Waals surface area contributed by atoms with E-state index in [1.165, 1.54) is 6.08 Å². The number of aliphatic hydroxyl groups excluding tert-OH is 1. The summed E-state index contributed by atoms with van der Waals surface area (Å²) in [5.74, 6) is -1.73. The van der Waals surface area contributed by atoms with Gasteiger partial charge in [-0.25, -0.2) is 13.6 Å². The Morgan fingerprint density at radius 3 is 2.10 bits per heavy atom. The Morgan fingerprint density at radius 1 is 1.17 bits per heavy atom. The average Bonchev–Trinajstić information content (AvgIpc) is 2.77. The summed E-state index contributed by atoms with van der Waals surface area (Å²) in [4.78, 5) is 12.1. The normalized spacial score (nSPS) is 18.5. The van der Waals surface area contributed by atoms with Crippen molar-refractivity contribution in [1.29, 1.82) is 0 Å². The van der Waals surface area contributed by atoms with Crippen LogP contribution in [0.2, 0.25) is 0 Å². The Hall–Kier alpha value is -1.97. The predicted molar refractivity (Wildman–Crippen MR) is 111 cm³/mol. The van der Waals surface area contributed by atoms with Crippen molar-refractivity contribution in [1.82, 2.24) is 5.32 Å². The van der Waals surface area contributed by atoms with Crippen molar-refractivity contribution in [3.8, 4) is 0 Å². The lowest BCUT2D eigenvalue weighted by molar-refractivity contribution is 0.00578. The summed E-state index contributed by atoms with van der Waals surface area (Å²) in [6.45, 7) is 12.0. The Bertz CT molecular complexity index is 794. The van der Waals surface area contributed by atoms with Crippen LogP contribution in [0.15, 0.2) is 17.6 Å². The molecule has 0 aliphatic carbocycles. The first kappa shape index (κ1) is 24.3.